The molecule has 0 heterocycles. The fourth-order valence-corrected chi connectivity index (χ4v) is 2.60. The Labute approximate surface area is 129 Å². The highest BCUT2D eigenvalue weighted by Crippen LogP contribution is 2.29. The van der Waals surface area contributed by atoms with Crippen LogP contribution in [0, 0.1) is 20.8 Å². The van der Waals surface area contributed by atoms with E-state index in [1.807, 2.05) is 6.92 Å². The molecular weight excluding hydrogens is 264 g/mol. The van der Waals surface area contributed by atoms with E-state index in [0.29, 0.717) is 12.8 Å². The van der Waals surface area contributed by atoms with Crippen LogP contribution in [0.1, 0.15) is 55.4 Å². The largest absolute Gasteiger partial charge is 0.493 e. The molecule has 0 aliphatic heterocycles. The lowest BCUT2D eigenvalue weighted by Crippen LogP contribution is -2.25. The average Bonchev–Trinajstić information content (AvgIpc) is 2.48. The van der Waals surface area contributed by atoms with E-state index in [0.717, 1.165) is 25.2 Å². The Morgan fingerprint density at radius 3 is 2.29 bits per heavy atom. The zero-order valence-electron chi connectivity index (χ0n) is 14.1. The number of rotatable bonds is 8. The summed E-state index contributed by atoms with van der Waals surface area (Å²) in [6.45, 7) is 11.0. The van der Waals surface area contributed by atoms with Gasteiger partial charge in [0.2, 0.25) is 0 Å². The Bertz CT molecular complexity index is 454. The van der Waals surface area contributed by atoms with Crippen molar-refractivity contribution in [1.82, 2.24) is 0 Å². The van der Waals surface area contributed by atoms with Gasteiger partial charge in [0.25, 0.3) is 0 Å². The molecule has 0 saturated heterocycles. The summed E-state index contributed by atoms with van der Waals surface area (Å²) in [6, 6.07) is 2.09. The Balaban J connectivity index is 2.86. The molecule has 0 bridgehead atoms. The van der Waals surface area contributed by atoms with E-state index >= 15 is 0 Å². The van der Waals surface area contributed by atoms with Crippen LogP contribution in [0.5, 0.6) is 5.75 Å². The van der Waals surface area contributed by atoms with Crippen molar-refractivity contribution in [1.29, 1.82) is 0 Å². The SMILES string of the molecule is CCCOc1cc(C)c(CCC(O)C(O)CC)c(C)c1C. The normalized spacial score (nSPS) is 14.0. The highest BCUT2D eigenvalue weighted by Gasteiger charge is 2.16. The van der Waals surface area contributed by atoms with Crippen LogP contribution in [0.25, 0.3) is 0 Å². The summed E-state index contributed by atoms with van der Waals surface area (Å²) < 4.78 is 5.79. The maximum absolute atomic E-state index is 9.93. The van der Waals surface area contributed by atoms with Gasteiger partial charge in [0.1, 0.15) is 5.75 Å². The molecule has 0 radical (unpaired) electrons. The monoisotopic (exact) mass is 294 g/mol. The van der Waals surface area contributed by atoms with Crippen molar-refractivity contribution >= 4 is 0 Å². The van der Waals surface area contributed by atoms with E-state index in [-0.39, 0.29) is 0 Å². The van der Waals surface area contributed by atoms with Crippen LogP contribution in [-0.2, 0) is 6.42 Å². The van der Waals surface area contributed by atoms with Crippen molar-refractivity contribution in [2.24, 2.45) is 0 Å². The number of aliphatic hydroxyl groups excluding tert-OH is 2. The fourth-order valence-electron chi connectivity index (χ4n) is 2.60. The third-order valence-corrected chi connectivity index (χ3v) is 4.22. The molecule has 0 aromatic heterocycles. The Morgan fingerprint density at radius 2 is 1.71 bits per heavy atom. The molecule has 1 rings (SSSR count). The summed E-state index contributed by atoms with van der Waals surface area (Å²) >= 11 is 0. The van der Waals surface area contributed by atoms with Crippen LogP contribution in [0.2, 0.25) is 0 Å². The number of hydrogen-bond acceptors (Lipinski definition) is 3. The molecule has 2 N–H and O–H groups in total. The minimum atomic E-state index is -0.648. The van der Waals surface area contributed by atoms with Gasteiger partial charge in [0, 0.05) is 0 Å². The van der Waals surface area contributed by atoms with Gasteiger partial charge >= 0.3 is 0 Å². The van der Waals surface area contributed by atoms with Gasteiger partial charge in [0.15, 0.2) is 0 Å². The third-order valence-electron chi connectivity index (χ3n) is 4.22. The second kappa shape index (κ2) is 8.40. The number of aryl methyl sites for hydroxylation is 1. The Hall–Kier alpha value is -1.06. The van der Waals surface area contributed by atoms with Crippen molar-refractivity contribution in [3.8, 4) is 5.75 Å². The predicted molar refractivity (Wildman–Crippen MR) is 87.1 cm³/mol. The van der Waals surface area contributed by atoms with Gasteiger partial charge in [-0.25, -0.2) is 0 Å². The first-order valence-corrected chi connectivity index (χ1v) is 8.00. The second-order valence-electron chi connectivity index (χ2n) is 5.85. The van der Waals surface area contributed by atoms with Gasteiger partial charge in [-0.3, -0.25) is 0 Å². The lowest BCUT2D eigenvalue weighted by Gasteiger charge is -2.20. The highest BCUT2D eigenvalue weighted by molar-refractivity contribution is 5.48. The maximum atomic E-state index is 9.93. The molecule has 1 aromatic rings. The van der Waals surface area contributed by atoms with E-state index in [9.17, 15) is 10.2 Å². The van der Waals surface area contributed by atoms with Crippen LogP contribution in [0.4, 0.5) is 0 Å². The Kier molecular flexibility index (Phi) is 7.20. The van der Waals surface area contributed by atoms with Crippen molar-refractivity contribution in [2.45, 2.75) is 72.5 Å². The molecule has 0 amide bonds. The molecule has 120 valence electrons. The molecule has 0 saturated carbocycles. The minimum Gasteiger partial charge on any atom is -0.493 e. The van der Waals surface area contributed by atoms with E-state index in [1.54, 1.807) is 0 Å². The van der Waals surface area contributed by atoms with Crippen molar-refractivity contribution < 1.29 is 14.9 Å². The molecule has 3 heteroatoms. The summed E-state index contributed by atoms with van der Waals surface area (Å²) in [5, 5.41) is 19.6. The summed E-state index contributed by atoms with van der Waals surface area (Å²) in [6.07, 6.45) is 1.68. The van der Waals surface area contributed by atoms with Crippen molar-refractivity contribution in [3.63, 3.8) is 0 Å². The average molecular weight is 294 g/mol. The quantitative estimate of drug-likeness (QED) is 0.772. The van der Waals surface area contributed by atoms with Gasteiger partial charge in [-0.2, -0.15) is 0 Å². The van der Waals surface area contributed by atoms with Crippen molar-refractivity contribution in [2.75, 3.05) is 6.61 Å². The molecule has 0 fully saturated rings. The van der Waals surface area contributed by atoms with Crippen LogP contribution >= 0.6 is 0 Å². The molecule has 0 spiro atoms. The highest BCUT2D eigenvalue weighted by atomic mass is 16.5. The van der Waals surface area contributed by atoms with E-state index in [2.05, 4.69) is 33.8 Å². The first-order valence-electron chi connectivity index (χ1n) is 8.00. The van der Waals surface area contributed by atoms with Gasteiger partial charge in [-0.1, -0.05) is 13.8 Å². The zero-order valence-corrected chi connectivity index (χ0v) is 14.1. The summed E-state index contributed by atoms with van der Waals surface area (Å²) in [5.41, 5.74) is 4.87. The smallest absolute Gasteiger partial charge is 0.122 e. The van der Waals surface area contributed by atoms with Crippen LogP contribution in [0.3, 0.4) is 0 Å². The summed E-state index contributed by atoms with van der Waals surface area (Å²) in [7, 11) is 0. The first-order chi connectivity index (χ1) is 9.92. The standard InChI is InChI=1S/C18H30O3/c1-6-10-21-18-11-12(3)15(13(4)14(18)5)8-9-17(20)16(19)7-2/h11,16-17,19-20H,6-10H2,1-5H3. The summed E-state index contributed by atoms with van der Waals surface area (Å²) in [4.78, 5) is 0. The van der Waals surface area contributed by atoms with Gasteiger partial charge in [0.05, 0.1) is 18.8 Å². The molecule has 1 aromatic carbocycles. The molecule has 3 nitrogen and oxygen atoms in total. The molecule has 21 heavy (non-hydrogen) atoms. The first kappa shape index (κ1) is 18.0. The van der Waals surface area contributed by atoms with Gasteiger partial charge < -0.3 is 14.9 Å². The van der Waals surface area contributed by atoms with Gasteiger partial charge in [-0.15, -0.1) is 0 Å². The molecule has 0 aliphatic rings. The zero-order chi connectivity index (χ0) is 16.0. The van der Waals surface area contributed by atoms with E-state index in [1.165, 1.54) is 22.3 Å². The lowest BCUT2D eigenvalue weighted by molar-refractivity contribution is 0.0130. The number of ether oxygens (including phenoxy) is 1. The second-order valence-corrected chi connectivity index (χ2v) is 5.85. The topological polar surface area (TPSA) is 49.7 Å². The van der Waals surface area contributed by atoms with Crippen LogP contribution in [-0.4, -0.2) is 29.0 Å². The van der Waals surface area contributed by atoms with E-state index < -0.39 is 12.2 Å². The van der Waals surface area contributed by atoms with Crippen molar-refractivity contribution in [3.05, 3.63) is 28.3 Å². The van der Waals surface area contributed by atoms with Gasteiger partial charge in [-0.05, 0) is 74.8 Å². The summed E-state index contributed by atoms with van der Waals surface area (Å²) in [5.74, 6) is 0.963. The molecule has 2 atom stereocenters. The molecular formula is C18H30O3. The molecule has 0 aliphatic carbocycles. The van der Waals surface area contributed by atoms with E-state index in [4.69, 9.17) is 4.74 Å². The number of hydrogen-bond donors (Lipinski definition) is 2. The van der Waals surface area contributed by atoms with Crippen LogP contribution in [0.15, 0.2) is 6.07 Å². The number of aliphatic hydroxyl groups is 2. The van der Waals surface area contributed by atoms with Crippen LogP contribution < -0.4 is 4.74 Å². The third kappa shape index (κ3) is 4.72. The maximum Gasteiger partial charge on any atom is 0.122 e. The predicted octanol–water partition coefficient (Wildman–Crippen LogP) is 3.47. The lowest BCUT2D eigenvalue weighted by atomic mass is 9.92. The Morgan fingerprint density at radius 1 is 1.05 bits per heavy atom. The number of benzene rings is 1. The fraction of sp³-hybridized carbons (Fsp3) is 0.667. The molecule has 2 unspecified atom stereocenters. The minimum absolute atomic E-state index is 0.585.